The number of carbonyl (C=O) groups excluding carboxylic acids is 3. The van der Waals surface area contributed by atoms with Crippen molar-refractivity contribution in [2.75, 3.05) is 19.1 Å². The lowest BCUT2D eigenvalue weighted by molar-refractivity contribution is -0.137. The summed E-state index contributed by atoms with van der Waals surface area (Å²) in [5.74, 6) is -3.66. The molecule has 0 N–H and O–H groups in total. The SMILES string of the molecule is COc1ccc(C(=O)[C@@H]2[C@@H]3C(=O)N(c4ccccc4C(F)(F)F)C(=O)[C@@H]3[C@@H]3c4ccccc4C=CN23)cc1OC. The molecular formula is C30H23F3N2O5. The van der Waals surface area contributed by atoms with E-state index < -0.39 is 58.9 Å². The van der Waals surface area contributed by atoms with Gasteiger partial charge in [0.2, 0.25) is 11.8 Å². The number of ketones is 1. The quantitative estimate of drug-likeness (QED) is 0.326. The molecule has 3 heterocycles. The molecule has 10 heteroatoms. The number of nitrogens with zero attached hydrogens (tertiary/aromatic N) is 2. The number of hydrogen-bond donors (Lipinski definition) is 0. The molecule has 6 rings (SSSR count). The number of Topliss-reactive ketones (excluding diaryl/α,β-unsaturated/α-hetero) is 1. The number of amides is 2. The average Bonchev–Trinajstić information content (AvgIpc) is 3.43. The van der Waals surface area contributed by atoms with Crippen molar-refractivity contribution in [3.05, 3.63) is 95.2 Å². The summed E-state index contributed by atoms with van der Waals surface area (Å²) in [5.41, 5.74) is 0.0951. The molecule has 0 aromatic heterocycles. The minimum Gasteiger partial charge on any atom is -0.493 e. The highest BCUT2D eigenvalue weighted by Gasteiger charge is 2.65. The summed E-state index contributed by atoms with van der Waals surface area (Å²) in [7, 11) is 2.88. The third-order valence-electron chi connectivity index (χ3n) is 7.85. The number of carbonyl (C=O) groups is 3. The van der Waals surface area contributed by atoms with Crippen LogP contribution in [0.25, 0.3) is 6.08 Å². The monoisotopic (exact) mass is 548 g/mol. The first kappa shape index (κ1) is 25.7. The zero-order valence-electron chi connectivity index (χ0n) is 21.4. The number of anilines is 1. The Balaban J connectivity index is 1.50. The second kappa shape index (κ2) is 9.25. The molecule has 3 aromatic carbocycles. The van der Waals surface area contributed by atoms with Crippen LogP contribution in [-0.2, 0) is 15.8 Å². The Morgan fingerprint density at radius 2 is 1.52 bits per heavy atom. The topological polar surface area (TPSA) is 76.2 Å². The van der Waals surface area contributed by atoms with Crippen LogP contribution >= 0.6 is 0 Å². The molecule has 0 spiro atoms. The predicted octanol–water partition coefficient (Wildman–Crippen LogP) is 5.12. The molecule has 0 unspecified atom stereocenters. The summed E-state index contributed by atoms with van der Waals surface area (Å²) in [6, 6.07) is 14.5. The molecule has 0 saturated carbocycles. The number of imide groups is 1. The second-order valence-corrected chi connectivity index (χ2v) is 9.79. The molecule has 4 atom stereocenters. The van der Waals surface area contributed by atoms with Crippen molar-refractivity contribution in [2.45, 2.75) is 18.3 Å². The van der Waals surface area contributed by atoms with Crippen molar-refractivity contribution in [3.63, 3.8) is 0 Å². The van der Waals surface area contributed by atoms with Gasteiger partial charge in [0, 0.05) is 11.8 Å². The standard InChI is InChI=1S/C30H23F3N2O5/c1-39-21-12-11-17(15-22(21)40-2)27(36)26-24-23(25-18-8-4-3-7-16(18)13-14-34(25)26)28(37)35(29(24)38)20-10-6-5-9-19(20)30(31,32)33/h3-15,23-26H,1-2H3/t23-,24+,25-,26-/m0/s1. The summed E-state index contributed by atoms with van der Waals surface area (Å²) >= 11 is 0. The van der Waals surface area contributed by atoms with Gasteiger partial charge in [0.1, 0.15) is 6.04 Å². The summed E-state index contributed by atoms with van der Waals surface area (Å²) in [6.07, 6.45) is -1.31. The summed E-state index contributed by atoms with van der Waals surface area (Å²) in [4.78, 5) is 44.4. The van der Waals surface area contributed by atoms with Crippen LogP contribution in [0, 0.1) is 11.8 Å². The molecule has 3 aliphatic rings. The summed E-state index contributed by atoms with van der Waals surface area (Å²) < 4.78 is 52.4. The van der Waals surface area contributed by atoms with E-state index in [0.29, 0.717) is 16.4 Å². The van der Waals surface area contributed by atoms with E-state index in [0.717, 1.165) is 23.3 Å². The third-order valence-corrected chi connectivity index (χ3v) is 7.85. The molecule has 3 aromatic rings. The Kier molecular flexibility index (Phi) is 5.94. The fourth-order valence-electron chi connectivity index (χ4n) is 6.16. The average molecular weight is 549 g/mol. The van der Waals surface area contributed by atoms with E-state index in [4.69, 9.17) is 9.47 Å². The Labute approximate surface area is 227 Å². The van der Waals surface area contributed by atoms with Gasteiger partial charge in [0.15, 0.2) is 17.3 Å². The number of alkyl halides is 3. The molecule has 3 aliphatic heterocycles. The van der Waals surface area contributed by atoms with Crippen molar-refractivity contribution in [1.82, 2.24) is 4.90 Å². The number of benzene rings is 3. The molecule has 0 aliphatic carbocycles. The highest BCUT2D eigenvalue weighted by atomic mass is 19.4. The number of halogens is 3. The van der Waals surface area contributed by atoms with Gasteiger partial charge < -0.3 is 14.4 Å². The van der Waals surface area contributed by atoms with E-state index in [1.165, 1.54) is 38.5 Å². The summed E-state index contributed by atoms with van der Waals surface area (Å²) in [5, 5.41) is 0. The lowest BCUT2D eigenvalue weighted by Gasteiger charge is -2.35. The molecule has 2 amide bonds. The van der Waals surface area contributed by atoms with Crippen molar-refractivity contribution >= 4 is 29.4 Å². The molecule has 2 saturated heterocycles. The van der Waals surface area contributed by atoms with Gasteiger partial charge in [-0.3, -0.25) is 14.4 Å². The molecule has 7 nitrogen and oxygen atoms in total. The highest BCUT2D eigenvalue weighted by Crippen LogP contribution is 2.54. The van der Waals surface area contributed by atoms with Gasteiger partial charge in [-0.2, -0.15) is 13.2 Å². The van der Waals surface area contributed by atoms with Crippen LogP contribution in [0.1, 0.15) is 33.1 Å². The van der Waals surface area contributed by atoms with E-state index >= 15 is 0 Å². The summed E-state index contributed by atoms with van der Waals surface area (Å²) in [6.45, 7) is 0. The smallest absolute Gasteiger partial charge is 0.418 e. The molecule has 204 valence electrons. The maximum atomic E-state index is 14.1. The normalized spacial score (nSPS) is 23.1. The third kappa shape index (κ3) is 3.70. The van der Waals surface area contributed by atoms with E-state index in [1.807, 2.05) is 12.1 Å². The number of methoxy groups -OCH3 is 2. The highest BCUT2D eigenvalue weighted by molar-refractivity contribution is 6.25. The maximum absolute atomic E-state index is 14.1. The molecule has 40 heavy (non-hydrogen) atoms. The van der Waals surface area contributed by atoms with Gasteiger partial charge in [-0.05, 0) is 47.5 Å². The van der Waals surface area contributed by atoms with Gasteiger partial charge in [0.25, 0.3) is 0 Å². The minimum absolute atomic E-state index is 0.212. The fourth-order valence-corrected chi connectivity index (χ4v) is 6.16. The second-order valence-electron chi connectivity index (χ2n) is 9.79. The van der Waals surface area contributed by atoms with Crippen LogP contribution < -0.4 is 14.4 Å². The Bertz CT molecular complexity index is 1580. The maximum Gasteiger partial charge on any atom is 0.418 e. The van der Waals surface area contributed by atoms with Gasteiger partial charge >= 0.3 is 6.18 Å². The van der Waals surface area contributed by atoms with Crippen molar-refractivity contribution in [1.29, 1.82) is 0 Å². The van der Waals surface area contributed by atoms with E-state index in [2.05, 4.69) is 0 Å². The number of hydrogen-bond acceptors (Lipinski definition) is 6. The molecule has 0 bridgehead atoms. The van der Waals surface area contributed by atoms with Gasteiger partial charge in [-0.15, -0.1) is 0 Å². The number of para-hydroxylation sites is 1. The first-order valence-electron chi connectivity index (χ1n) is 12.5. The number of fused-ring (bicyclic) bond motifs is 5. The zero-order chi connectivity index (χ0) is 28.3. The van der Waals surface area contributed by atoms with Crippen LogP contribution in [-0.4, -0.2) is 42.8 Å². The van der Waals surface area contributed by atoms with E-state index in [9.17, 15) is 27.6 Å². The Morgan fingerprint density at radius 1 is 0.850 bits per heavy atom. The van der Waals surface area contributed by atoms with E-state index in [1.54, 1.807) is 35.4 Å². The van der Waals surface area contributed by atoms with Crippen LogP contribution in [0.15, 0.2) is 72.9 Å². The van der Waals surface area contributed by atoms with Gasteiger partial charge in [0.05, 0.1) is 43.3 Å². The lowest BCUT2D eigenvalue weighted by Crippen LogP contribution is -2.44. The Hall–Kier alpha value is -4.60. The van der Waals surface area contributed by atoms with E-state index in [-0.39, 0.29) is 5.56 Å². The first-order valence-corrected chi connectivity index (χ1v) is 12.5. The van der Waals surface area contributed by atoms with Crippen LogP contribution in [0.5, 0.6) is 11.5 Å². The van der Waals surface area contributed by atoms with Gasteiger partial charge in [-0.25, -0.2) is 4.90 Å². The largest absolute Gasteiger partial charge is 0.493 e. The molecule has 0 radical (unpaired) electrons. The fraction of sp³-hybridized carbons (Fsp3) is 0.233. The predicted molar refractivity (Wildman–Crippen MR) is 139 cm³/mol. The van der Waals surface area contributed by atoms with Crippen LogP contribution in [0.4, 0.5) is 18.9 Å². The molecule has 2 fully saturated rings. The zero-order valence-corrected chi connectivity index (χ0v) is 21.4. The number of rotatable bonds is 5. The number of ether oxygens (including phenoxy) is 2. The van der Waals surface area contributed by atoms with Crippen molar-refractivity contribution < 1.29 is 37.0 Å². The Morgan fingerprint density at radius 3 is 2.25 bits per heavy atom. The van der Waals surface area contributed by atoms with Crippen LogP contribution in [0.2, 0.25) is 0 Å². The minimum atomic E-state index is -4.80. The lowest BCUT2D eigenvalue weighted by atomic mass is 9.83. The van der Waals surface area contributed by atoms with Crippen molar-refractivity contribution in [2.24, 2.45) is 11.8 Å². The molecular weight excluding hydrogens is 525 g/mol. The van der Waals surface area contributed by atoms with Crippen LogP contribution in [0.3, 0.4) is 0 Å². The van der Waals surface area contributed by atoms with Gasteiger partial charge in [-0.1, -0.05) is 36.4 Å². The van der Waals surface area contributed by atoms with Crippen molar-refractivity contribution in [3.8, 4) is 11.5 Å². The first-order chi connectivity index (χ1) is 19.2.